The van der Waals surface area contributed by atoms with Crippen LogP contribution in [-0.2, 0) is 11.2 Å². The number of nitrogens with one attached hydrogen (secondary N) is 2. The van der Waals surface area contributed by atoms with E-state index in [2.05, 4.69) is 27.4 Å². The highest BCUT2D eigenvalue weighted by Gasteiger charge is 2.21. The summed E-state index contributed by atoms with van der Waals surface area (Å²) in [5.41, 5.74) is 0. The van der Waals surface area contributed by atoms with Crippen molar-refractivity contribution in [2.24, 2.45) is 5.92 Å². The van der Waals surface area contributed by atoms with Crippen LogP contribution in [0.15, 0.2) is 6.33 Å². The molecule has 0 aromatic carbocycles. The summed E-state index contributed by atoms with van der Waals surface area (Å²) >= 11 is 0. The zero-order chi connectivity index (χ0) is 11.2. The van der Waals surface area contributed by atoms with E-state index >= 15 is 0 Å². The van der Waals surface area contributed by atoms with Crippen LogP contribution in [0.1, 0.15) is 25.6 Å². The Balaban J connectivity index is 1.57. The highest BCUT2D eigenvalue weighted by molar-refractivity contribution is 4.81. The Kier molecular flexibility index (Phi) is 4.30. The summed E-state index contributed by atoms with van der Waals surface area (Å²) < 4.78 is 5.38. The minimum atomic E-state index is 0.553. The molecule has 1 aromatic heterocycles. The van der Waals surface area contributed by atoms with Crippen LogP contribution in [0.4, 0.5) is 0 Å². The topological polar surface area (TPSA) is 62.8 Å². The molecule has 0 saturated carbocycles. The standard InChI is InChI=1S/C11H20N4O/c1-9(10-4-6-16-7-10)12-5-2-3-11-13-8-14-15-11/h8-10,12H,2-7H2,1H3,(H,13,14,15). The van der Waals surface area contributed by atoms with Crippen molar-refractivity contribution in [1.29, 1.82) is 0 Å². The van der Waals surface area contributed by atoms with Gasteiger partial charge in [0.15, 0.2) is 0 Å². The van der Waals surface area contributed by atoms with Crippen LogP contribution < -0.4 is 5.32 Å². The molecule has 16 heavy (non-hydrogen) atoms. The van der Waals surface area contributed by atoms with Crippen LogP contribution in [0.5, 0.6) is 0 Å². The fraction of sp³-hybridized carbons (Fsp3) is 0.818. The Labute approximate surface area is 96.0 Å². The van der Waals surface area contributed by atoms with Gasteiger partial charge >= 0.3 is 0 Å². The quantitative estimate of drug-likeness (QED) is 0.700. The van der Waals surface area contributed by atoms with E-state index in [0.29, 0.717) is 12.0 Å². The van der Waals surface area contributed by atoms with Crippen molar-refractivity contribution in [3.05, 3.63) is 12.2 Å². The second-order valence-electron chi connectivity index (χ2n) is 4.40. The average molecular weight is 224 g/mol. The third-order valence-corrected chi connectivity index (χ3v) is 3.19. The molecule has 2 heterocycles. The van der Waals surface area contributed by atoms with E-state index in [1.54, 1.807) is 6.33 Å². The summed E-state index contributed by atoms with van der Waals surface area (Å²) in [6.45, 7) is 5.11. The minimum absolute atomic E-state index is 0.553. The Morgan fingerprint density at radius 3 is 3.31 bits per heavy atom. The van der Waals surface area contributed by atoms with E-state index < -0.39 is 0 Å². The van der Waals surface area contributed by atoms with Gasteiger partial charge in [-0.15, -0.1) is 0 Å². The molecule has 0 amide bonds. The lowest BCUT2D eigenvalue weighted by molar-refractivity contribution is 0.178. The Morgan fingerprint density at radius 1 is 1.69 bits per heavy atom. The summed E-state index contributed by atoms with van der Waals surface area (Å²) in [4.78, 5) is 4.10. The van der Waals surface area contributed by atoms with Gasteiger partial charge in [0.1, 0.15) is 12.2 Å². The summed E-state index contributed by atoms with van der Waals surface area (Å²) in [5.74, 6) is 1.66. The van der Waals surface area contributed by atoms with E-state index in [-0.39, 0.29) is 0 Å². The number of aryl methyl sites for hydroxylation is 1. The first-order valence-electron chi connectivity index (χ1n) is 6.01. The number of nitrogens with zero attached hydrogens (tertiary/aromatic N) is 2. The molecule has 2 rings (SSSR count). The van der Waals surface area contributed by atoms with Crippen LogP contribution in [0, 0.1) is 5.92 Å². The van der Waals surface area contributed by atoms with Gasteiger partial charge in [-0.1, -0.05) is 0 Å². The maximum atomic E-state index is 5.38. The maximum Gasteiger partial charge on any atom is 0.137 e. The van der Waals surface area contributed by atoms with Crippen LogP contribution in [0.2, 0.25) is 0 Å². The summed E-state index contributed by atoms with van der Waals surface area (Å²) in [6, 6.07) is 0.553. The van der Waals surface area contributed by atoms with Gasteiger partial charge in [-0.2, -0.15) is 5.10 Å². The number of aromatic amines is 1. The highest BCUT2D eigenvalue weighted by atomic mass is 16.5. The molecular weight excluding hydrogens is 204 g/mol. The van der Waals surface area contributed by atoms with Gasteiger partial charge in [0, 0.05) is 19.1 Å². The second-order valence-corrected chi connectivity index (χ2v) is 4.40. The van der Waals surface area contributed by atoms with E-state index in [1.165, 1.54) is 6.42 Å². The van der Waals surface area contributed by atoms with Gasteiger partial charge in [0.25, 0.3) is 0 Å². The van der Waals surface area contributed by atoms with Gasteiger partial charge in [0.2, 0.25) is 0 Å². The van der Waals surface area contributed by atoms with Gasteiger partial charge < -0.3 is 10.1 Å². The maximum absolute atomic E-state index is 5.38. The van der Waals surface area contributed by atoms with E-state index in [0.717, 1.165) is 38.4 Å². The predicted octanol–water partition coefficient (Wildman–Crippen LogP) is 0.752. The van der Waals surface area contributed by atoms with Gasteiger partial charge in [-0.3, -0.25) is 5.10 Å². The SMILES string of the molecule is CC(NCCCc1ncn[nH]1)C1CCOC1. The van der Waals surface area contributed by atoms with Crippen molar-refractivity contribution in [3.8, 4) is 0 Å². The molecule has 2 N–H and O–H groups in total. The molecule has 1 aliphatic heterocycles. The molecule has 0 spiro atoms. The fourth-order valence-electron chi connectivity index (χ4n) is 2.05. The van der Waals surface area contributed by atoms with Crippen molar-refractivity contribution >= 4 is 0 Å². The predicted molar refractivity (Wildman–Crippen MR) is 61.1 cm³/mol. The molecule has 1 aliphatic rings. The van der Waals surface area contributed by atoms with Crippen molar-refractivity contribution < 1.29 is 4.74 Å². The van der Waals surface area contributed by atoms with Gasteiger partial charge in [-0.25, -0.2) is 4.98 Å². The van der Waals surface area contributed by atoms with Gasteiger partial charge in [0.05, 0.1) is 6.61 Å². The Bertz CT molecular complexity index is 282. The first-order valence-corrected chi connectivity index (χ1v) is 6.01. The van der Waals surface area contributed by atoms with Crippen molar-refractivity contribution in [1.82, 2.24) is 20.5 Å². The number of aromatic nitrogens is 3. The smallest absolute Gasteiger partial charge is 0.137 e. The largest absolute Gasteiger partial charge is 0.381 e. The lowest BCUT2D eigenvalue weighted by Crippen LogP contribution is -2.34. The number of H-pyrrole nitrogens is 1. The number of hydrogen-bond donors (Lipinski definition) is 2. The molecule has 0 bridgehead atoms. The molecule has 0 aliphatic carbocycles. The van der Waals surface area contributed by atoms with Crippen LogP contribution in [0.3, 0.4) is 0 Å². The highest BCUT2D eigenvalue weighted by Crippen LogP contribution is 2.16. The van der Waals surface area contributed by atoms with Crippen molar-refractivity contribution in [2.75, 3.05) is 19.8 Å². The number of ether oxygens (including phenoxy) is 1. The average Bonchev–Trinajstić information content (AvgIpc) is 2.96. The monoisotopic (exact) mass is 224 g/mol. The molecule has 2 unspecified atom stereocenters. The molecular formula is C11H20N4O. The Morgan fingerprint density at radius 2 is 2.62 bits per heavy atom. The van der Waals surface area contributed by atoms with E-state index in [1.807, 2.05) is 0 Å². The molecule has 5 heteroatoms. The Hall–Kier alpha value is -0.940. The molecule has 1 aromatic rings. The summed E-state index contributed by atoms with van der Waals surface area (Å²) in [5, 5.41) is 10.2. The molecule has 5 nitrogen and oxygen atoms in total. The van der Waals surface area contributed by atoms with Crippen molar-refractivity contribution in [3.63, 3.8) is 0 Å². The number of hydrogen-bond acceptors (Lipinski definition) is 4. The zero-order valence-electron chi connectivity index (χ0n) is 9.78. The second kappa shape index (κ2) is 5.96. The molecule has 1 saturated heterocycles. The minimum Gasteiger partial charge on any atom is -0.381 e. The molecule has 1 fully saturated rings. The third kappa shape index (κ3) is 3.28. The normalized spacial score (nSPS) is 22.4. The summed E-state index contributed by atoms with van der Waals surface area (Å²) in [6.07, 6.45) is 4.80. The first-order chi connectivity index (χ1) is 7.86. The van der Waals surface area contributed by atoms with Crippen LogP contribution in [-0.4, -0.2) is 41.0 Å². The molecule has 0 radical (unpaired) electrons. The molecule has 2 atom stereocenters. The zero-order valence-corrected chi connectivity index (χ0v) is 9.78. The molecule has 90 valence electrons. The third-order valence-electron chi connectivity index (χ3n) is 3.19. The summed E-state index contributed by atoms with van der Waals surface area (Å²) in [7, 11) is 0. The van der Waals surface area contributed by atoms with E-state index in [9.17, 15) is 0 Å². The number of rotatable bonds is 6. The fourth-order valence-corrected chi connectivity index (χ4v) is 2.05. The van der Waals surface area contributed by atoms with E-state index in [4.69, 9.17) is 4.74 Å². The van der Waals surface area contributed by atoms with Crippen LogP contribution >= 0.6 is 0 Å². The lowest BCUT2D eigenvalue weighted by atomic mass is 10.0. The first kappa shape index (κ1) is 11.5. The van der Waals surface area contributed by atoms with Crippen LogP contribution in [0.25, 0.3) is 0 Å². The van der Waals surface area contributed by atoms with Crippen molar-refractivity contribution in [2.45, 2.75) is 32.2 Å². The lowest BCUT2D eigenvalue weighted by Gasteiger charge is -2.18. The van der Waals surface area contributed by atoms with Gasteiger partial charge in [-0.05, 0) is 32.2 Å².